The summed E-state index contributed by atoms with van der Waals surface area (Å²) in [6.07, 6.45) is 10.6. The molecule has 0 amide bonds. The fraction of sp³-hybridized carbons (Fsp3) is 0.700. The number of hydrogen-bond acceptors (Lipinski definition) is 6. The van der Waals surface area contributed by atoms with Gasteiger partial charge in [0.2, 0.25) is 5.88 Å². The molecular weight excluding hydrogens is 346 g/mol. The fourth-order valence-electron chi connectivity index (χ4n) is 4.51. The first-order valence-corrected chi connectivity index (χ1v) is 10.7. The molecule has 0 bridgehead atoms. The van der Waals surface area contributed by atoms with E-state index in [1.165, 1.54) is 29.7 Å². The molecule has 0 saturated heterocycles. The number of nitrogens with zero attached hydrogens (tertiary/aromatic N) is 3. The number of aryl methyl sites for hydroxylation is 1. The van der Waals surface area contributed by atoms with Crippen molar-refractivity contribution in [2.45, 2.75) is 63.5 Å². The minimum Gasteiger partial charge on any atom is -0.474 e. The van der Waals surface area contributed by atoms with Gasteiger partial charge in [-0.1, -0.05) is 0 Å². The second kappa shape index (κ2) is 7.79. The Kier molecular flexibility index (Phi) is 5.43. The zero-order valence-electron chi connectivity index (χ0n) is 15.8. The topological polar surface area (TPSA) is 58.5 Å². The zero-order chi connectivity index (χ0) is 18.1. The molecule has 1 N–H and O–H groups in total. The molecule has 2 aliphatic rings. The number of aromatic nitrogens is 2. The van der Waals surface area contributed by atoms with Crippen LogP contribution in [0.15, 0.2) is 6.33 Å². The van der Waals surface area contributed by atoms with Gasteiger partial charge in [-0.3, -0.25) is 0 Å². The Morgan fingerprint density at radius 2 is 2.00 bits per heavy atom. The third kappa shape index (κ3) is 3.59. The Balaban J connectivity index is 1.56. The monoisotopic (exact) mass is 375 g/mol. The second-order valence-electron chi connectivity index (χ2n) is 8.00. The molecule has 0 aliphatic heterocycles. The van der Waals surface area contributed by atoms with Gasteiger partial charge in [-0.05, 0) is 76.9 Å². The van der Waals surface area contributed by atoms with Crippen molar-refractivity contribution < 1.29 is 9.84 Å². The quantitative estimate of drug-likeness (QED) is 0.868. The van der Waals surface area contributed by atoms with Crippen LogP contribution in [0.1, 0.15) is 49.0 Å². The van der Waals surface area contributed by atoms with Gasteiger partial charge in [0.05, 0.1) is 5.39 Å². The maximum absolute atomic E-state index is 9.31. The van der Waals surface area contributed by atoms with Crippen LogP contribution < -0.4 is 4.74 Å². The summed E-state index contributed by atoms with van der Waals surface area (Å²) in [5, 5.41) is 10.5. The third-order valence-electron chi connectivity index (χ3n) is 6.10. The Morgan fingerprint density at radius 1 is 1.19 bits per heavy atom. The van der Waals surface area contributed by atoms with Crippen molar-refractivity contribution in [1.82, 2.24) is 14.9 Å². The standard InChI is InChI=1S/C20H29N3O2S/c1-23(2)14-4-6-15(7-5-14)25-19-18-16-11-13(9-10-24)3-8-17(16)26-20(18)22-12-21-19/h12-15,24H,3-11H2,1-2H3/t13-,14?,15?/m1/s1. The van der Waals surface area contributed by atoms with Crippen LogP contribution in [0.2, 0.25) is 0 Å². The predicted octanol–water partition coefficient (Wildman–Crippen LogP) is 3.43. The lowest BCUT2D eigenvalue weighted by molar-refractivity contribution is 0.108. The van der Waals surface area contributed by atoms with E-state index in [-0.39, 0.29) is 12.7 Å². The number of hydrogen-bond donors (Lipinski definition) is 1. The Hall–Kier alpha value is -1.24. The SMILES string of the molecule is CN(C)C1CCC(Oc2ncnc3sc4c(c23)C[C@@H](CCO)CC4)CC1. The zero-order valence-corrected chi connectivity index (χ0v) is 16.6. The van der Waals surface area contributed by atoms with E-state index in [4.69, 9.17) is 4.74 Å². The lowest BCUT2D eigenvalue weighted by atomic mass is 9.85. The van der Waals surface area contributed by atoms with E-state index in [1.807, 2.05) is 0 Å². The minimum absolute atomic E-state index is 0.261. The van der Waals surface area contributed by atoms with Crippen molar-refractivity contribution in [3.63, 3.8) is 0 Å². The number of aliphatic hydroxyl groups excluding tert-OH is 1. The summed E-state index contributed by atoms with van der Waals surface area (Å²) < 4.78 is 6.40. The molecule has 1 atom stereocenters. The normalized spacial score (nSPS) is 26.2. The largest absolute Gasteiger partial charge is 0.474 e. The van der Waals surface area contributed by atoms with Crippen molar-refractivity contribution in [3.8, 4) is 5.88 Å². The van der Waals surface area contributed by atoms with Gasteiger partial charge in [0.1, 0.15) is 17.3 Å². The van der Waals surface area contributed by atoms with E-state index in [0.717, 1.165) is 48.2 Å². The molecule has 0 aromatic carbocycles. The van der Waals surface area contributed by atoms with Crippen molar-refractivity contribution in [2.24, 2.45) is 5.92 Å². The van der Waals surface area contributed by atoms with Crippen LogP contribution in [-0.4, -0.2) is 52.8 Å². The fourth-order valence-corrected chi connectivity index (χ4v) is 5.68. The molecule has 4 rings (SSSR count). The number of aliphatic hydroxyl groups is 1. The summed E-state index contributed by atoms with van der Waals surface area (Å²) in [6, 6.07) is 0.674. The molecular formula is C20H29N3O2S. The van der Waals surface area contributed by atoms with Crippen LogP contribution in [0, 0.1) is 5.92 Å². The molecule has 1 saturated carbocycles. The Bertz CT molecular complexity index is 753. The van der Waals surface area contributed by atoms with Crippen LogP contribution in [-0.2, 0) is 12.8 Å². The highest BCUT2D eigenvalue weighted by atomic mass is 32.1. The van der Waals surface area contributed by atoms with E-state index < -0.39 is 0 Å². The lowest BCUT2D eigenvalue weighted by Crippen LogP contribution is -2.35. The van der Waals surface area contributed by atoms with Crippen LogP contribution in [0.5, 0.6) is 5.88 Å². The van der Waals surface area contributed by atoms with E-state index >= 15 is 0 Å². The average Bonchev–Trinajstić information content (AvgIpc) is 3.01. The van der Waals surface area contributed by atoms with Crippen molar-refractivity contribution in [3.05, 3.63) is 16.8 Å². The molecule has 1 fully saturated rings. The number of ether oxygens (including phenoxy) is 1. The molecule has 2 aromatic heterocycles. The van der Waals surface area contributed by atoms with E-state index in [2.05, 4.69) is 29.0 Å². The van der Waals surface area contributed by atoms with Crippen LogP contribution in [0.25, 0.3) is 10.2 Å². The molecule has 6 heteroatoms. The molecule has 0 spiro atoms. The molecule has 2 heterocycles. The molecule has 0 radical (unpaired) electrons. The highest BCUT2D eigenvalue weighted by Gasteiger charge is 2.28. The lowest BCUT2D eigenvalue weighted by Gasteiger charge is -2.32. The summed E-state index contributed by atoms with van der Waals surface area (Å²) in [5.41, 5.74) is 1.38. The first-order valence-electron chi connectivity index (χ1n) is 9.85. The maximum atomic E-state index is 9.31. The maximum Gasteiger partial charge on any atom is 0.225 e. The molecule has 142 valence electrons. The number of thiophene rings is 1. The second-order valence-corrected chi connectivity index (χ2v) is 9.08. The molecule has 26 heavy (non-hydrogen) atoms. The Labute approximate surface area is 159 Å². The number of rotatable bonds is 5. The van der Waals surface area contributed by atoms with Gasteiger partial charge in [0, 0.05) is 17.5 Å². The predicted molar refractivity (Wildman–Crippen MR) is 105 cm³/mol. The highest BCUT2D eigenvalue weighted by Crippen LogP contribution is 2.41. The summed E-state index contributed by atoms with van der Waals surface area (Å²) in [5.74, 6) is 1.35. The van der Waals surface area contributed by atoms with Crippen LogP contribution in [0.4, 0.5) is 0 Å². The van der Waals surface area contributed by atoms with Crippen molar-refractivity contribution in [1.29, 1.82) is 0 Å². The summed E-state index contributed by atoms with van der Waals surface area (Å²) in [7, 11) is 4.33. The van der Waals surface area contributed by atoms with Crippen molar-refractivity contribution >= 4 is 21.6 Å². The first-order chi connectivity index (χ1) is 12.7. The Morgan fingerprint density at radius 3 is 2.73 bits per heavy atom. The highest BCUT2D eigenvalue weighted by molar-refractivity contribution is 7.18. The van der Waals surface area contributed by atoms with E-state index in [0.29, 0.717) is 12.0 Å². The van der Waals surface area contributed by atoms with Gasteiger partial charge in [-0.25, -0.2) is 9.97 Å². The average molecular weight is 376 g/mol. The summed E-state index contributed by atoms with van der Waals surface area (Å²) >= 11 is 1.80. The van der Waals surface area contributed by atoms with Crippen LogP contribution in [0.3, 0.4) is 0 Å². The molecule has 2 aliphatic carbocycles. The van der Waals surface area contributed by atoms with Gasteiger partial charge in [0.15, 0.2) is 0 Å². The van der Waals surface area contributed by atoms with Gasteiger partial charge < -0.3 is 14.7 Å². The van der Waals surface area contributed by atoms with Gasteiger partial charge >= 0.3 is 0 Å². The van der Waals surface area contributed by atoms with E-state index in [1.54, 1.807) is 17.7 Å². The number of fused-ring (bicyclic) bond motifs is 3. The van der Waals surface area contributed by atoms with Gasteiger partial charge in [0.25, 0.3) is 0 Å². The molecule has 5 nitrogen and oxygen atoms in total. The summed E-state index contributed by atoms with van der Waals surface area (Å²) in [6.45, 7) is 0.275. The first kappa shape index (κ1) is 18.1. The molecule has 2 aromatic rings. The minimum atomic E-state index is 0.261. The van der Waals surface area contributed by atoms with Crippen molar-refractivity contribution in [2.75, 3.05) is 20.7 Å². The van der Waals surface area contributed by atoms with E-state index in [9.17, 15) is 5.11 Å². The molecule has 0 unspecified atom stereocenters. The van der Waals surface area contributed by atoms with Gasteiger partial charge in [-0.2, -0.15) is 0 Å². The smallest absolute Gasteiger partial charge is 0.225 e. The van der Waals surface area contributed by atoms with Crippen LogP contribution >= 0.6 is 11.3 Å². The third-order valence-corrected chi connectivity index (χ3v) is 7.30. The van der Waals surface area contributed by atoms with Gasteiger partial charge in [-0.15, -0.1) is 11.3 Å². The summed E-state index contributed by atoms with van der Waals surface area (Å²) in [4.78, 5) is 13.9.